The van der Waals surface area contributed by atoms with Gasteiger partial charge in [0.2, 0.25) is 6.41 Å². The van der Waals surface area contributed by atoms with E-state index in [-0.39, 0.29) is 12.1 Å². The summed E-state index contributed by atoms with van der Waals surface area (Å²) in [5.74, 6) is 0.869. The summed E-state index contributed by atoms with van der Waals surface area (Å²) in [5.41, 5.74) is 3.40. The van der Waals surface area contributed by atoms with Gasteiger partial charge in [-0.2, -0.15) is 0 Å². The summed E-state index contributed by atoms with van der Waals surface area (Å²) >= 11 is 1.48. The van der Waals surface area contributed by atoms with Gasteiger partial charge in [0.1, 0.15) is 19.7 Å². The minimum absolute atomic E-state index is 0.0429. The van der Waals surface area contributed by atoms with Crippen LogP contribution < -0.4 is 10.2 Å². The molecule has 1 aliphatic rings. The summed E-state index contributed by atoms with van der Waals surface area (Å²) in [5, 5.41) is 0.709. The molecule has 25 heavy (non-hydrogen) atoms. The summed E-state index contributed by atoms with van der Waals surface area (Å²) in [6.45, 7) is 0. The van der Waals surface area contributed by atoms with Gasteiger partial charge in [-0.3, -0.25) is 14.7 Å². The van der Waals surface area contributed by atoms with E-state index in [4.69, 9.17) is 9.73 Å². The van der Waals surface area contributed by atoms with Crippen molar-refractivity contribution in [1.82, 2.24) is 4.90 Å². The number of hydrogen-bond acceptors (Lipinski definition) is 4. The second-order valence-electron chi connectivity index (χ2n) is 6.14. The zero-order valence-electron chi connectivity index (χ0n) is 14.7. The Balaban J connectivity index is 2.01. The zero-order chi connectivity index (χ0) is 17.8. The van der Waals surface area contributed by atoms with Crippen LogP contribution in [0.1, 0.15) is 29.7 Å². The summed E-state index contributed by atoms with van der Waals surface area (Å²) in [6, 6.07) is 16.4. The van der Waals surface area contributed by atoms with Crippen molar-refractivity contribution in [3.8, 4) is 5.75 Å². The largest absolute Gasteiger partial charge is 0.485 e. The second kappa shape index (κ2) is 7.78. The molecule has 0 saturated heterocycles. The maximum atomic E-state index is 11.1. The van der Waals surface area contributed by atoms with E-state index in [2.05, 4.69) is 32.1 Å². The van der Waals surface area contributed by atoms with Gasteiger partial charge in [-0.15, -0.1) is 0 Å². The second-order valence-corrected chi connectivity index (χ2v) is 6.92. The average molecular weight is 352 g/mol. The van der Waals surface area contributed by atoms with Crippen LogP contribution >= 0.6 is 11.8 Å². The third kappa shape index (κ3) is 3.90. The van der Waals surface area contributed by atoms with Crippen molar-refractivity contribution in [1.29, 1.82) is 0 Å². The Morgan fingerprint density at radius 2 is 2.08 bits per heavy atom. The van der Waals surface area contributed by atoms with Crippen LogP contribution in [0.4, 0.5) is 0 Å². The molecule has 0 N–H and O–H groups in total. The maximum absolute atomic E-state index is 11.1. The summed E-state index contributed by atoms with van der Waals surface area (Å²) in [7, 11) is 3.80. The van der Waals surface area contributed by atoms with Crippen LogP contribution in [0.3, 0.4) is 0 Å². The molecule has 3 rings (SSSR count). The van der Waals surface area contributed by atoms with Crippen molar-refractivity contribution in [2.24, 2.45) is 4.99 Å². The number of rotatable bonds is 3. The average Bonchev–Trinajstić information content (AvgIpc) is 2.66. The molecule has 1 amide bonds. The summed E-state index contributed by atoms with van der Waals surface area (Å²) in [4.78, 5) is 17.5. The molecule has 2 aromatic carbocycles. The van der Waals surface area contributed by atoms with Crippen LogP contribution in [-0.4, -0.2) is 37.6 Å². The van der Waals surface area contributed by atoms with Crippen LogP contribution in [0, 0.1) is 0 Å². The van der Waals surface area contributed by atoms with Crippen LogP contribution in [0.5, 0.6) is 5.75 Å². The Morgan fingerprint density at radius 3 is 2.76 bits per heavy atom. The molecule has 0 aromatic heterocycles. The number of carbonyl (C=O) groups is 1. The van der Waals surface area contributed by atoms with Gasteiger partial charge in [-0.25, -0.2) is 0 Å². The number of hydrogen-bond donors (Lipinski definition) is 0. The van der Waals surface area contributed by atoms with Crippen molar-refractivity contribution < 1.29 is 9.53 Å². The third-order valence-corrected chi connectivity index (χ3v) is 5.07. The summed E-state index contributed by atoms with van der Waals surface area (Å²) in [6.07, 6.45) is 3.43. The van der Waals surface area contributed by atoms with Crippen molar-refractivity contribution in [2.75, 3.05) is 13.3 Å². The number of amidine groups is 1. The van der Waals surface area contributed by atoms with Crippen molar-refractivity contribution in [2.45, 2.75) is 18.6 Å². The van der Waals surface area contributed by atoms with Crippen molar-refractivity contribution in [3.63, 3.8) is 0 Å². The predicted octanol–water partition coefficient (Wildman–Crippen LogP) is 2.32. The third-order valence-electron chi connectivity index (χ3n) is 4.31. The molecule has 6 heteroatoms. The lowest BCUT2D eigenvalue weighted by atomic mass is 9.88. The number of nitrogens with zero attached hydrogens (tertiary/aromatic N) is 2. The highest BCUT2D eigenvalue weighted by atomic mass is 32.2. The maximum Gasteiger partial charge on any atom is 0.215 e. The summed E-state index contributed by atoms with van der Waals surface area (Å²) < 4.78 is 6.25. The number of fused-ring (bicyclic) bond motifs is 1. The van der Waals surface area contributed by atoms with Crippen LogP contribution in [0.25, 0.3) is 0 Å². The number of ether oxygens (including phenoxy) is 1. The zero-order valence-corrected chi connectivity index (χ0v) is 15.5. The van der Waals surface area contributed by atoms with Crippen molar-refractivity contribution in [3.05, 3.63) is 59.7 Å². The van der Waals surface area contributed by atoms with E-state index in [0.717, 1.165) is 29.7 Å². The molecule has 2 aromatic rings. The highest BCUT2D eigenvalue weighted by Gasteiger charge is 2.29. The van der Waals surface area contributed by atoms with E-state index in [1.807, 2.05) is 30.5 Å². The highest BCUT2D eigenvalue weighted by Crippen LogP contribution is 2.42. The van der Waals surface area contributed by atoms with Gasteiger partial charge < -0.3 is 4.74 Å². The van der Waals surface area contributed by atoms with Crippen LogP contribution in [0.2, 0.25) is 0 Å². The molecular formula is C19H21BN2O2S. The minimum atomic E-state index is -0.0465. The normalized spacial score (nSPS) is 19.7. The lowest BCUT2D eigenvalue weighted by Crippen LogP contribution is -2.25. The van der Waals surface area contributed by atoms with Gasteiger partial charge in [-0.1, -0.05) is 59.7 Å². The Hall–Kier alpha value is -2.21. The number of amides is 1. The molecule has 0 saturated carbocycles. The Kier molecular flexibility index (Phi) is 5.48. The van der Waals surface area contributed by atoms with E-state index in [1.165, 1.54) is 22.1 Å². The number of carbonyl (C=O) groups excluding carboxylic acids is 1. The smallest absolute Gasteiger partial charge is 0.215 e. The molecule has 0 aliphatic carbocycles. The first-order valence-corrected chi connectivity index (χ1v) is 9.47. The monoisotopic (exact) mass is 352 g/mol. The molecule has 0 bridgehead atoms. The van der Waals surface area contributed by atoms with Gasteiger partial charge in [0.25, 0.3) is 0 Å². The highest BCUT2D eigenvalue weighted by molar-refractivity contribution is 8.13. The molecule has 0 fully saturated rings. The molecule has 4 nitrogen and oxygen atoms in total. The Morgan fingerprint density at radius 1 is 1.32 bits per heavy atom. The fourth-order valence-corrected chi connectivity index (χ4v) is 3.59. The number of thioether (sulfide) groups is 1. The van der Waals surface area contributed by atoms with E-state index in [1.54, 1.807) is 7.05 Å². The molecule has 0 spiro atoms. The first-order chi connectivity index (χ1) is 12.1. The van der Waals surface area contributed by atoms with Crippen molar-refractivity contribution >= 4 is 36.6 Å². The fraction of sp³-hybridized carbons (Fsp3) is 0.263. The number of benzene rings is 2. The van der Waals surface area contributed by atoms with Gasteiger partial charge >= 0.3 is 0 Å². The molecule has 2 unspecified atom stereocenters. The standard InChI is InChI=1S/C19H21BN2O2S/c1-22(12-23)19(25-2)21-16-11-18(13-6-4-3-5-7-13)24-17-9-8-14(20)10-15(16)17/h3-10,12,16,18H,11,20H2,1-2H3/b21-19+. The SMILES string of the molecule is Bc1ccc2c(c1)C(/N=C(/SC)N(C)C=O)CC(c1ccccc1)O2. The van der Waals surface area contributed by atoms with Crippen LogP contribution in [0.15, 0.2) is 53.5 Å². The Labute approximate surface area is 153 Å². The van der Waals surface area contributed by atoms with Gasteiger partial charge in [-0.05, 0) is 17.9 Å². The van der Waals surface area contributed by atoms with Gasteiger partial charge in [0, 0.05) is 19.0 Å². The fourth-order valence-electron chi connectivity index (χ4n) is 3.03. The predicted molar refractivity (Wildman–Crippen MR) is 107 cm³/mol. The van der Waals surface area contributed by atoms with E-state index < -0.39 is 0 Å². The first kappa shape index (κ1) is 17.6. The lowest BCUT2D eigenvalue weighted by molar-refractivity contribution is -0.113. The molecule has 128 valence electrons. The molecule has 2 atom stereocenters. The molecule has 1 heterocycles. The minimum Gasteiger partial charge on any atom is -0.485 e. The first-order valence-electron chi connectivity index (χ1n) is 8.24. The van der Waals surface area contributed by atoms with E-state index in [9.17, 15) is 4.79 Å². The quantitative estimate of drug-likeness (QED) is 0.369. The topological polar surface area (TPSA) is 41.9 Å². The van der Waals surface area contributed by atoms with Crippen LogP contribution in [-0.2, 0) is 4.79 Å². The van der Waals surface area contributed by atoms with E-state index in [0.29, 0.717) is 5.17 Å². The molecule has 0 radical (unpaired) electrons. The van der Waals surface area contributed by atoms with Gasteiger partial charge in [0.15, 0.2) is 5.17 Å². The van der Waals surface area contributed by atoms with Gasteiger partial charge in [0.05, 0.1) is 6.04 Å². The lowest BCUT2D eigenvalue weighted by Gasteiger charge is -2.31. The molecular weight excluding hydrogens is 331 g/mol. The number of aliphatic imine (C=N–C) groups is 1. The Bertz CT molecular complexity index is 782. The molecule has 1 aliphatic heterocycles. The van der Waals surface area contributed by atoms with E-state index >= 15 is 0 Å².